The summed E-state index contributed by atoms with van der Waals surface area (Å²) in [5.41, 5.74) is 10.1. The molecule has 0 aliphatic carbocycles. The molecule has 49 heavy (non-hydrogen) atoms. The monoisotopic (exact) mass is 643 g/mol. The minimum atomic E-state index is 0.653. The van der Waals surface area contributed by atoms with E-state index in [4.69, 9.17) is 15.0 Å². The van der Waals surface area contributed by atoms with Crippen LogP contribution in [-0.2, 0) is 0 Å². The molecule has 0 saturated heterocycles. The van der Waals surface area contributed by atoms with Crippen molar-refractivity contribution in [3.63, 3.8) is 0 Å². The van der Waals surface area contributed by atoms with Crippen molar-refractivity contribution in [3.05, 3.63) is 176 Å². The summed E-state index contributed by atoms with van der Waals surface area (Å²) in [4.78, 5) is 15.2. The fraction of sp³-hybridized carbons (Fsp3) is 0. The fourth-order valence-electron chi connectivity index (χ4n) is 6.48. The third kappa shape index (κ3) is 5.48. The van der Waals surface area contributed by atoms with Gasteiger partial charge in [-0.2, -0.15) is 0 Å². The predicted molar refractivity (Wildman–Crippen MR) is 205 cm³/mol. The normalized spacial score (nSPS) is 11.3. The molecule has 0 saturated carbocycles. The quantitative estimate of drug-likeness (QED) is 0.181. The van der Waals surface area contributed by atoms with Crippen molar-refractivity contribution in [2.75, 3.05) is 0 Å². The van der Waals surface area contributed by atoms with E-state index in [0.717, 1.165) is 22.3 Å². The van der Waals surface area contributed by atoms with E-state index < -0.39 is 0 Å². The van der Waals surface area contributed by atoms with Crippen LogP contribution in [-0.4, -0.2) is 15.0 Å². The molecule has 9 aromatic rings. The Bertz CT molecular complexity index is 2560. The maximum Gasteiger partial charge on any atom is 0.165 e. The highest BCUT2D eigenvalue weighted by atomic mass is 32.1. The fourth-order valence-corrected chi connectivity index (χ4v) is 7.83. The van der Waals surface area contributed by atoms with Gasteiger partial charge in [-0.05, 0) is 39.4 Å². The van der Waals surface area contributed by atoms with Gasteiger partial charge in [0.2, 0.25) is 0 Å². The molecule has 230 valence electrons. The average molecular weight is 644 g/mol. The third-order valence-electron chi connectivity index (χ3n) is 8.99. The molecule has 0 spiro atoms. The first kappa shape index (κ1) is 29.0. The standard InChI is InChI=1S/C45H29N3S/c1-4-12-30(13-5-1)32-22-26-34(27-23-32)37-18-10-19-38-39-20-11-21-40(42(39)49-41(37)38)45-47-43(35-16-8-3-9-17-35)46-44(48-45)36-28-24-33(25-29-36)31-14-6-2-7-15-31/h1-29H. The molecule has 0 radical (unpaired) electrons. The number of aromatic nitrogens is 3. The van der Waals surface area contributed by atoms with Crippen LogP contribution in [0.25, 0.3) is 87.7 Å². The number of fused-ring (bicyclic) bond motifs is 3. The molecular formula is C45H29N3S. The highest BCUT2D eigenvalue weighted by molar-refractivity contribution is 7.26. The number of hydrogen-bond donors (Lipinski definition) is 0. The Hall–Kier alpha value is -6.23. The number of nitrogens with zero attached hydrogens (tertiary/aromatic N) is 3. The highest BCUT2D eigenvalue weighted by Crippen LogP contribution is 2.43. The van der Waals surface area contributed by atoms with E-state index in [-0.39, 0.29) is 0 Å². The lowest BCUT2D eigenvalue weighted by atomic mass is 9.99. The van der Waals surface area contributed by atoms with Crippen LogP contribution in [0.15, 0.2) is 176 Å². The number of thiophene rings is 1. The molecular weight excluding hydrogens is 615 g/mol. The molecule has 0 bridgehead atoms. The molecule has 0 unspecified atom stereocenters. The second-order valence-corrected chi connectivity index (χ2v) is 13.0. The SMILES string of the molecule is c1ccc(-c2ccc(-c3nc(-c4ccccc4)nc(-c4cccc5c4sc4c(-c6ccc(-c7ccccc7)cc6)cccc45)n3)cc2)cc1. The maximum atomic E-state index is 5.13. The molecule has 3 nitrogen and oxygen atoms in total. The van der Waals surface area contributed by atoms with Crippen LogP contribution in [0.1, 0.15) is 0 Å². The highest BCUT2D eigenvalue weighted by Gasteiger charge is 2.18. The molecule has 2 heterocycles. The Morgan fingerprint density at radius 3 is 1.16 bits per heavy atom. The van der Waals surface area contributed by atoms with Gasteiger partial charge in [0.15, 0.2) is 17.5 Å². The molecule has 0 amide bonds. The molecule has 0 fully saturated rings. The van der Waals surface area contributed by atoms with Gasteiger partial charge in [0.25, 0.3) is 0 Å². The van der Waals surface area contributed by atoms with Crippen molar-refractivity contribution < 1.29 is 0 Å². The topological polar surface area (TPSA) is 38.7 Å². The van der Waals surface area contributed by atoms with Gasteiger partial charge < -0.3 is 0 Å². The summed E-state index contributed by atoms with van der Waals surface area (Å²) >= 11 is 1.81. The smallest absolute Gasteiger partial charge is 0.165 e. The summed E-state index contributed by atoms with van der Waals surface area (Å²) in [6, 6.07) is 61.5. The van der Waals surface area contributed by atoms with Crippen LogP contribution in [0.4, 0.5) is 0 Å². The molecule has 0 N–H and O–H groups in total. The first-order chi connectivity index (χ1) is 24.3. The molecule has 2 aromatic heterocycles. The zero-order valence-electron chi connectivity index (χ0n) is 26.5. The van der Waals surface area contributed by atoms with E-state index in [1.165, 1.54) is 48.0 Å². The van der Waals surface area contributed by atoms with Crippen molar-refractivity contribution >= 4 is 31.5 Å². The van der Waals surface area contributed by atoms with Crippen molar-refractivity contribution in [3.8, 4) is 67.5 Å². The predicted octanol–water partition coefficient (Wildman–Crippen LogP) is 12.2. The number of rotatable bonds is 6. The van der Waals surface area contributed by atoms with E-state index in [9.17, 15) is 0 Å². The van der Waals surface area contributed by atoms with Gasteiger partial charge in [-0.3, -0.25) is 0 Å². The van der Waals surface area contributed by atoms with E-state index in [0.29, 0.717) is 17.5 Å². The third-order valence-corrected chi connectivity index (χ3v) is 10.3. The largest absolute Gasteiger partial charge is 0.208 e. The van der Waals surface area contributed by atoms with Crippen molar-refractivity contribution in [2.24, 2.45) is 0 Å². The van der Waals surface area contributed by atoms with Crippen molar-refractivity contribution in [2.45, 2.75) is 0 Å². The Labute approximate surface area is 288 Å². The van der Waals surface area contributed by atoms with Gasteiger partial charge in [0.1, 0.15) is 0 Å². The van der Waals surface area contributed by atoms with Crippen molar-refractivity contribution in [1.29, 1.82) is 0 Å². The maximum absolute atomic E-state index is 5.13. The lowest BCUT2D eigenvalue weighted by Crippen LogP contribution is -2.00. The zero-order valence-corrected chi connectivity index (χ0v) is 27.3. The summed E-state index contributed by atoms with van der Waals surface area (Å²) in [7, 11) is 0. The lowest BCUT2D eigenvalue weighted by molar-refractivity contribution is 1.08. The second kappa shape index (κ2) is 12.4. The van der Waals surface area contributed by atoms with E-state index in [1.807, 2.05) is 35.6 Å². The van der Waals surface area contributed by atoms with E-state index in [1.54, 1.807) is 0 Å². The number of benzene rings is 7. The van der Waals surface area contributed by atoms with Crippen LogP contribution in [0.5, 0.6) is 0 Å². The molecule has 0 aliphatic heterocycles. The van der Waals surface area contributed by atoms with E-state index >= 15 is 0 Å². The summed E-state index contributed by atoms with van der Waals surface area (Å²) in [6.07, 6.45) is 0. The first-order valence-corrected chi connectivity index (χ1v) is 17.2. The van der Waals surface area contributed by atoms with Gasteiger partial charge in [0.05, 0.1) is 0 Å². The molecule has 0 atom stereocenters. The first-order valence-electron chi connectivity index (χ1n) is 16.4. The Morgan fingerprint density at radius 1 is 0.265 bits per heavy atom. The Balaban J connectivity index is 1.17. The Kier molecular flexibility index (Phi) is 7.34. The van der Waals surface area contributed by atoms with Crippen LogP contribution >= 0.6 is 11.3 Å². The van der Waals surface area contributed by atoms with Crippen molar-refractivity contribution in [1.82, 2.24) is 15.0 Å². The van der Waals surface area contributed by atoms with Crippen LogP contribution in [0, 0.1) is 0 Å². The second-order valence-electron chi connectivity index (χ2n) is 12.0. The van der Waals surface area contributed by atoms with Crippen LogP contribution < -0.4 is 0 Å². The van der Waals surface area contributed by atoms with Gasteiger partial charge in [-0.1, -0.05) is 170 Å². The van der Waals surface area contributed by atoms with Gasteiger partial charge in [0, 0.05) is 36.9 Å². The minimum absolute atomic E-state index is 0.653. The van der Waals surface area contributed by atoms with Gasteiger partial charge in [-0.25, -0.2) is 15.0 Å². The zero-order chi connectivity index (χ0) is 32.6. The van der Waals surface area contributed by atoms with Gasteiger partial charge >= 0.3 is 0 Å². The molecule has 7 aromatic carbocycles. The summed E-state index contributed by atoms with van der Waals surface area (Å²) in [5.74, 6) is 1.98. The van der Waals surface area contributed by atoms with Crippen LogP contribution in [0.3, 0.4) is 0 Å². The molecule has 4 heteroatoms. The minimum Gasteiger partial charge on any atom is -0.208 e. The summed E-state index contributed by atoms with van der Waals surface area (Å²) in [5, 5.41) is 2.44. The summed E-state index contributed by atoms with van der Waals surface area (Å²) < 4.78 is 2.42. The Morgan fingerprint density at radius 2 is 0.633 bits per heavy atom. The molecule has 9 rings (SSSR count). The van der Waals surface area contributed by atoms with Crippen LogP contribution in [0.2, 0.25) is 0 Å². The van der Waals surface area contributed by atoms with Gasteiger partial charge in [-0.15, -0.1) is 11.3 Å². The molecule has 0 aliphatic rings. The lowest BCUT2D eigenvalue weighted by Gasteiger charge is -2.09. The average Bonchev–Trinajstić information content (AvgIpc) is 3.58. The van der Waals surface area contributed by atoms with E-state index in [2.05, 4.69) is 152 Å². The summed E-state index contributed by atoms with van der Waals surface area (Å²) in [6.45, 7) is 0. The number of hydrogen-bond acceptors (Lipinski definition) is 4.